The van der Waals surface area contributed by atoms with Crippen LogP contribution in [0.3, 0.4) is 0 Å². The van der Waals surface area contributed by atoms with E-state index in [2.05, 4.69) is 15.9 Å². The van der Waals surface area contributed by atoms with E-state index in [1.54, 1.807) is 12.1 Å². The summed E-state index contributed by atoms with van der Waals surface area (Å²) in [6, 6.07) is 5.25. The molecular weight excluding hydrogens is 252 g/mol. The van der Waals surface area contributed by atoms with Crippen molar-refractivity contribution in [1.82, 2.24) is 0 Å². The number of aldehydes is 1. The Balaban J connectivity index is 2.64. The largest absolute Gasteiger partial charge is 0.507 e. The van der Waals surface area contributed by atoms with Gasteiger partial charge in [0.1, 0.15) is 12.0 Å². The molecule has 1 aromatic carbocycles. The molecule has 70 valence electrons. The van der Waals surface area contributed by atoms with E-state index in [9.17, 15) is 9.90 Å². The van der Waals surface area contributed by atoms with Crippen LogP contribution in [0.25, 0.3) is 0 Å². The van der Waals surface area contributed by atoms with Crippen molar-refractivity contribution < 1.29 is 9.90 Å². The number of benzene rings is 1. The number of aromatic hydroxyl groups is 1. The van der Waals surface area contributed by atoms with Crippen molar-refractivity contribution in [2.45, 2.75) is 11.3 Å². The first-order valence-electron chi connectivity index (χ1n) is 3.79. The molecule has 0 unspecified atom stereocenters. The van der Waals surface area contributed by atoms with Crippen LogP contribution in [0.1, 0.15) is 6.42 Å². The molecule has 0 aromatic heterocycles. The fourth-order valence-electron chi connectivity index (χ4n) is 0.821. The van der Waals surface area contributed by atoms with Gasteiger partial charge in [0.25, 0.3) is 0 Å². The van der Waals surface area contributed by atoms with Crippen LogP contribution in [0, 0.1) is 0 Å². The molecule has 0 aliphatic carbocycles. The average Bonchev–Trinajstić information content (AvgIpc) is 2.11. The Bertz CT molecular complexity index is 302. The first-order valence-corrected chi connectivity index (χ1v) is 5.57. The molecule has 1 N–H and O–H groups in total. The average molecular weight is 261 g/mol. The molecule has 2 nitrogen and oxygen atoms in total. The van der Waals surface area contributed by atoms with Gasteiger partial charge in [0, 0.05) is 16.6 Å². The van der Waals surface area contributed by atoms with E-state index < -0.39 is 0 Å². The van der Waals surface area contributed by atoms with Gasteiger partial charge < -0.3 is 9.90 Å². The Morgan fingerprint density at radius 1 is 1.54 bits per heavy atom. The minimum Gasteiger partial charge on any atom is -0.507 e. The van der Waals surface area contributed by atoms with E-state index in [4.69, 9.17) is 0 Å². The third kappa shape index (κ3) is 3.40. The molecule has 0 saturated heterocycles. The molecule has 0 saturated carbocycles. The number of phenolic OH excluding ortho intramolecular Hbond substituents is 1. The highest BCUT2D eigenvalue weighted by Crippen LogP contribution is 2.31. The van der Waals surface area contributed by atoms with Crippen LogP contribution in [-0.2, 0) is 4.79 Å². The van der Waals surface area contributed by atoms with E-state index >= 15 is 0 Å². The van der Waals surface area contributed by atoms with Gasteiger partial charge in [0.2, 0.25) is 0 Å². The van der Waals surface area contributed by atoms with E-state index in [-0.39, 0.29) is 5.75 Å². The second kappa shape index (κ2) is 5.29. The first kappa shape index (κ1) is 10.6. The summed E-state index contributed by atoms with van der Waals surface area (Å²) in [7, 11) is 0. The van der Waals surface area contributed by atoms with Gasteiger partial charge in [-0.3, -0.25) is 0 Å². The number of carbonyl (C=O) groups is 1. The highest BCUT2D eigenvalue weighted by Gasteiger charge is 2.01. The number of phenols is 1. The van der Waals surface area contributed by atoms with Crippen LogP contribution in [0.2, 0.25) is 0 Å². The zero-order chi connectivity index (χ0) is 9.68. The number of thioether (sulfide) groups is 1. The van der Waals surface area contributed by atoms with Crippen molar-refractivity contribution in [3.8, 4) is 5.75 Å². The third-order valence-corrected chi connectivity index (χ3v) is 2.99. The molecule has 1 aromatic rings. The summed E-state index contributed by atoms with van der Waals surface area (Å²) in [4.78, 5) is 10.9. The lowest BCUT2D eigenvalue weighted by Crippen LogP contribution is -1.81. The van der Waals surface area contributed by atoms with Gasteiger partial charge in [0.15, 0.2) is 0 Å². The fraction of sp³-hybridized carbons (Fsp3) is 0.222. The standard InChI is InChI=1S/C9H9BrO2S/c10-7-2-3-8(12)9(6-7)13-5-1-4-11/h2-4,6,12H,1,5H2. The second-order valence-electron chi connectivity index (χ2n) is 2.42. The quantitative estimate of drug-likeness (QED) is 0.514. The lowest BCUT2D eigenvalue weighted by atomic mass is 10.3. The molecule has 0 heterocycles. The van der Waals surface area contributed by atoms with Gasteiger partial charge in [-0.2, -0.15) is 0 Å². The number of carbonyl (C=O) groups excluding carboxylic acids is 1. The van der Waals surface area contributed by atoms with Crippen LogP contribution in [0.5, 0.6) is 5.75 Å². The number of hydrogen-bond acceptors (Lipinski definition) is 3. The predicted molar refractivity (Wildman–Crippen MR) is 57.2 cm³/mol. The predicted octanol–water partition coefficient (Wildman–Crippen LogP) is 2.84. The van der Waals surface area contributed by atoms with Crippen molar-refractivity contribution >= 4 is 34.0 Å². The third-order valence-electron chi connectivity index (χ3n) is 1.42. The molecule has 0 aliphatic heterocycles. The Hall–Kier alpha value is -0.480. The number of rotatable bonds is 4. The minimum absolute atomic E-state index is 0.263. The van der Waals surface area contributed by atoms with Crippen LogP contribution in [0.4, 0.5) is 0 Å². The van der Waals surface area contributed by atoms with E-state index in [1.165, 1.54) is 11.8 Å². The molecule has 0 bridgehead atoms. The summed E-state index contributed by atoms with van der Waals surface area (Å²) in [5, 5.41) is 9.40. The molecule has 0 spiro atoms. The van der Waals surface area contributed by atoms with Gasteiger partial charge >= 0.3 is 0 Å². The molecule has 0 amide bonds. The van der Waals surface area contributed by atoms with E-state index in [1.807, 2.05) is 6.07 Å². The van der Waals surface area contributed by atoms with Crippen molar-refractivity contribution in [1.29, 1.82) is 0 Å². The lowest BCUT2D eigenvalue weighted by Gasteiger charge is -2.02. The lowest BCUT2D eigenvalue weighted by molar-refractivity contribution is -0.107. The summed E-state index contributed by atoms with van der Waals surface area (Å²) >= 11 is 4.79. The van der Waals surface area contributed by atoms with Crippen molar-refractivity contribution in [2.75, 3.05) is 5.75 Å². The number of halogens is 1. The second-order valence-corrected chi connectivity index (χ2v) is 4.47. The van der Waals surface area contributed by atoms with Crippen LogP contribution in [0.15, 0.2) is 27.6 Å². The highest BCUT2D eigenvalue weighted by molar-refractivity contribution is 9.10. The summed E-state index contributed by atoms with van der Waals surface area (Å²) < 4.78 is 0.930. The van der Waals surface area contributed by atoms with Crippen LogP contribution < -0.4 is 0 Å². The van der Waals surface area contributed by atoms with E-state index in [0.717, 1.165) is 15.7 Å². The Labute approximate surface area is 89.5 Å². The summed E-state index contributed by atoms with van der Waals surface area (Å²) in [6.45, 7) is 0. The molecular formula is C9H9BrO2S. The zero-order valence-corrected chi connectivity index (χ0v) is 9.27. The topological polar surface area (TPSA) is 37.3 Å². The monoisotopic (exact) mass is 260 g/mol. The molecule has 0 atom stereocenters. The minimum atomic E-state index is 0.263. The molecule has 13 heavy (non-hydrogen) atoms. The van der Waals surface area contributed by atoms with Gasteiger partial charge in [-0.15, -0.1) is 11.8 Å². The van der Waals surface area contributed by atoms with Crippen molar-refractivity contribution in [3.05, 3.63) is 22.7 Å². The summed E-state index contributed by atoms with van der Waals surface area (Å²) in [6.07, 6.45) is 1.39. The molecule has 0 radical (unpaired) electrons. The van der Waals surface area contributed by atoms with Crippen molar-refractivity contribution in [2.24, 2.45) is 0 Å². The van der Waals surface area contributed by atoms with Gasteiger partial charge in [-0.05, 0) is 18.2 Å². The SMILES string of the molecule is O=CCCSc1cc(Br)ccc1O. The molecule has 0 aliphatic rings. The normalized spacial score (nSPS) is 9.92. The van der Waals surface area contributed by atoms with Crippen molar-refractivity contribution in [3.63, 3.8) is 0 Å². The van der Waals surface area contributed by atoms with Gasteiger partial charge in [-0.1, -0.05) is 15.9 Å². The Morgan fingerprint density at radius 2 is 2.31 bits per heavy atom. The van der Waals surface area contributed by atoms with Crippen LogP contribution in [-0.4, -0.2) is 17.1 Å². The highest BCUT2D eigenvalue weighted by atomic mass is 79.9. The number of hydrogen-bond donors (Lipinski definition) is 1. The fourth-order valence-corrected chi connectivity index (χ4v) is 2.19. The zero-order valence-electron chi connectivity index (χ0n) is 6.87. The molecule has 4 heteroatoms. The van der Waals surface area contributed by atoms with E-state index in [0.29, 0.717) is 12.2 Å². The smallest absolute Gasteiger partial charge is 0.129 e. The first-order chi connectivity index (χ1) is 6.24. The maximum atomic E-state index is 10.1. The van der Waals surface area contributed by atoms with Crippen LogP contribution >= 0.6 is 27.7 Å². The summed E-state index contributed by atoms with van der Waals surface area (Å²) in [5.74, 6) is 0.965. The summed E-state index contributed by atoms with van der Waals surface area (Å²) in [5.41, 5.74) is 0. The molecule has 0 fully saturated rings. The maximum Gasteiger partial charge on any atom is 0.129 e. The molecule has 1 rings (SSSR count). The Kier molecular flexibility index (Phi) is 4.32. The van der Waals surface area contributed by atoms with Gasteiger partial charge in [-0.25, -0.2) is 0 Å². The maximum absolute atomic E-state index is 10.1. The van der Waals surface area contributed by atoms with Gasteiger partial charge in [0.05, 0.1) is 4.90 Å². The Morgan fingerprint density at radius 3 is 3.00 bits per heavy atom.